The largest absolute Gasteiger partial charge is 0.459 e. The van der Waals surface area contributed by atoms with Gasteiger partial charge in [-0.25, -0.2) is 12.8 Å². The maximum absolute atomic E-state index is 13.3. The topological polar surface area (TPSA) is 88.4 Å². The van der Waals surface area contributed by atoms with E-state index in [1.807, 2.05) is 0 Å². The average Bonchev–Trinajstić information content (AvgIpc) is 3.12. The number of carbonyl (C=O) groups is 1. The van der Waals surface area contributed by atoms with E-state index in [4.69, 9.17) is 16.0 Å². The average molecular weight is 395 g/mol. The molecule has 3 rings (SSSR count). The second-order valence-electron chi connectivity index (χ2n) is 5.18. The van der Waals surface area contributed by atoms with Crippen molar-refractivity contribution in [1.82, 2.24) is 0 Å². The molecule has 0 saturated heterocycles. The monoisotopic (exact) mass is 394 g/mol. The minimum Gasteiger partial charge on any atom is -0.459 e. The number of nitrogens with one attached hydrogen (secondary N) is 2. The Kier molecular flexibility index (Phi) is 4.97. The molecule has 0 aliphatic carbocycles. The minimum absolute atomic E-state index is 0.0453. The van der Waals surface area contributed by atoms with Gasteiger partial charge >= 0.3 is 0 Å². The lowest BCUT2D eigenvalue weighted by Crippen LogP contribution is -2.17. The number of sulfonamides is 1. The summed E-state index contributed by atoms with van der Waals surface area (Å²) < 4.78 is 45.6. The summed E-state index contributed by atoms with van der Waals surface area (Å²) >= 11 is 5.93. The number of benzene rings is 2. The highest BCUT2D eigenvalue weighted by molar-refractivity contribution is 7.92. The van der Waals surface area contributed by atoms with Crippen LogP contribution in [0.2, 0.25) is 5.02 Å². The summed E-state index contributed by atoms with van der Waals surface area (Å²) in [6.07, 6.45) is 1.33. The number of carbonyl (C=O) groups excluding carboxylic acids is 1. The van der Waals surface area contributed by atoms with E-state index in [1.54, 1.807) is 6.07 Å². The first-order valence-corrected chi connectivity index (χ1v) is 9.14. The van der Waals surface area contributed by atoms with Crippen LogP contribution in [0.5, 0.6) is 0 Å². The molecule has 0 radical (unpaired) electrons. The molecule has 2 N–H and O–H groups in total. The molecule has 0 bridgehead atoms. The molecule has 0 aliphatic heterocycles. The van der Waals surface area contributed by atoms with Gasteiger partial charge in [-0.2, -0.15) is 0 Å². The molecule has 3 aromatic rings. The highest BCUT2D eigenvalue weighted by atomic mass is 35.5. The van der Waals surface area contributed by atoms with Crippen molar-refractivity contribution in [2.75, 3.05) is 10.0 Å². The van der Waals surface area contributed by atoms with Crippen LogP contribution >= 0.6 is 11.6 Å². The number of hydrogen-bond acceptors (Lipinski definition) is 4. The van der Waals surface area contributed by atoms with E-state index in [-0.39, 0.29) is 27.1 Å². The van der Waals surface area contributed by atoms with Gasteiger partial charge in [-0.15, -0.1) is 0 Å². The van der Waals surface area contributed by atoms with Crippen molar-refractivity contribution < 1.29 is 22.0 Å². The third-order valence-electron chi connectivity index (χ3n) is 3.33. The van der Waals surface area contributed by atoms with Crippen molar-refractivity contribution >= 4 is 38.9 Å². The lowest BCUT2D eigenvalue weighted by atomic mass is 10.2. The minimum atomic E-state index is -4.07. The Morgan fingerprint density at radius 2 is 1.85 bits per heavy atom. The molecule has 9 heteroatoms. The van der Waals surface area contributed by atoms with E-state index in [1.165, 1.54) is 42.7 Å². The Balaban J connectivity index is 1.91. The molecule has 0 aliphatic rings. The van der Waals surface area contributed by atoms with E-state index in [0.717, 1.165) is 12.1 Å². The summed E-state index contributed by atoms with van der Waals surface area (Å²) in [7, 11) is -4.07. The highest BCUT2D eigenvalue weighted by Gasteiger charge is 2.18. The second-order valence-corrected chi connectivity index (χ2v) is 7.30. The first kappa shape index (κ1) is 18.0. The van der Waals surface area contributed by atoms with E-state index >= 15 is 0 Å². The summed E-state index contributed by atoms with van der Waals surface area (Å²) in [4.78, 5) is 11.9. The number of hydrogen-bond donors (Lipinski definition) is 2. The lowest BCUT2D eigenvalue weighted by Gasteiger charge is -2.13. The molecule has 0 spiro atoms. The first-order valence-electron chi connectivity index (χ1n) is 7.28. The maximum atomic E-state index is 13.3. The van der Waals surface area contributed by atoms with E-state index < -0.39 is 21.7 Å². The van der Waals surface area contributed by atoms with Crippen molar-refractivity contribution in [3.8, 4) is 0 Å². The van der Waals surface area contributed by atoms with Gasteiger partial charge in [0.05, 0.1) is 22.5 Å². The van der Waals surface area contributed by atoms with Crippen LogP contribution in [-0.4, -0.2) is 14.3 Å². The number of furan rings is 1. The van der Waals surface area contributed by atoms with E-state index in [0.29, 0.717) is 0 Å². The van der Waals surface area contributed by atoms with Gasteiger partial charge in [0.25, 0.3) is 15.9 Å². The molecule has 0 unspecified atom stereocenters. The number of anilines is 2. The van der Waals surface area contributed by atoms with Crippen LogP contribution in [0.15, 0.2) is 70.2 Å². The molecule has 0 atom stereocenters. The van der Waals surface area contributed by atoms with Gasteiger partial charge in [0.2, 0.25) is 0 Å². The zero-order valence-corrected chi connectivity index (χ0v) is 14.6. The van der Waals surface area contributed by atoms with Gasteiger partial charge in [0.1, 0.15) is 5.82 Å². The van der Waals surface area contributed by atoms with Crippen LogP contribution in [0.3, 0.4) is 0 Å². The fourth-order valence-electron chi connectivity index (χ4n) is 2.14. The predicted octanol–water partition coefficient (Wildman–Crippen LogP) is 4.13. The zero-order chi connectivity index (χ0) is 18.7. The standard InChI is InChI=1S/C17H12ClFN2O4S/c18-11-6-7-14(15(9-11)20-17(22)16-5-2-8-25-16)21-26(23,24)13-4-1-3-12(19)10-13/h1-10,21H,(H,20,22). The molecular formula is C17H12ClFN2O4S. The SMILES string of the molecule is O=C(Nc1cc(Cl)ccc1NS(=O)(=O)c1cccc(F)c1)c1ccco1. The van der Waals surface area contributed by atoms with Gasteiger partial charge in [0.15, 0.2) is 5.76 Å². The van der Waals surface area contributed by atoms with Crippen LogP contribution in [-0.2, 0) is 10.0 Å². The Labute approximate surface area is 153 Å². The summed E-state index contributed by atoms with van der Waals surface area (Å²) in [6, 6.07) is 11.8. The molecule has 1 aromatic heterocycles. The Bertz CT molecular complexity index is 1050. The van der Waals surface area contributed by atoms with Gasteiger partial charge in [-0.3, -0.25) is 9.52 Å². The summed E-state index contributed by atoms with van der Waals surface area (Å²) in [5.41, 5.74) is 0.192. The van der Waals surface area contributed by atoms with Crippen molar-refractivity contribution in [1.29, 1.82) is 0 Å². The van der Waals surface area contributed by atoms with Crippen LogP contribution in [0.1, 0.15) is 10.6 Å². The van der Waals surface area contributed by atoms with Crippen molar-refractivity contribution in [2.45, 2.75) is 4.90 Å². The fraction of sp³-hybridized carbons (Fsp3) is 0. The predicted molar refractivity (Wildman–Crippen MR) is 95.3 cm³/mol. The van der Waals surface area contributed by atoms with Gasteiger partial charge in [-0.1, -0.05) is 17.7 Å². The summed E-state index contributed by atoms with van der Waals surface area (Å²) in [6.45, 7) is 0. The molecule has 0 saturated carbocycles. The van der Waals surface area contributed by atoms with Crippen LogP contribution < -0.4 is 10.0 Å². The Hall–Kier alpha value is -2.84. The fourth-order valence-corrected chi connectivity index (χ4v) is 3.42. The normalized spacial score (nSPS) is 11.2. The van der Waals surface area contributed by atoms with Crippen LogP contribution in [0.4, 0.5) is 15.8 Å². The Morgan fingerprint density at radius 3 is 2.54 bits per heavy atom. The van der Waals surface area contributed by atoms with Crippen LogP contribution in [0, 0.1) is 5.82 Å². The molecule has 26 heavy (non-hydrogen) atoms. The first-order chi connectivity index (χ1) is 12.3. The number of rotatable bonds is 5. The molecule has 1 amide bonds. The smallest absolute Gasteiger partial charge is 0.291 e. The second kappa shape index (κ2) is 7.19. The van der Waals surface area contributed by atoms with Crippen molar-refractivity contribution in [2.24, 2.45) is 0 Å². The molecule has 1 heterocycles. The molecular weight excluding hydrogens is 383 g/mol. The lowest BCUT2D eigenvalue weighted by molar-refractivity contribution is 0.0996. The molecule has 2 aromatic carbocycles. The van der Waals surface area contributed by atoms with Gasteiger partial charge in [-0.05, 0) is 48.5 Å². The van der Waals surface area contributed by atoms with E-state index in [2.05, 4.69) is 10.0 Å². The number of halogens is 2. The Morgan fingerprint density at radius 1 is 1.04 bits per heavy atom. The van der Waals surface area contributed by atoms with Gasteiger partial charge < -0.3 is 9.73 Å². The zero-order valence-electron chi connectivity index (χ0n) is 13.1. The third kappa shape index (κ3) is 4.04. The van der Waals surface area contributed by atoms with Crippen molar-refractivity contribution in [3.63, 3.8) is 0 Å². The van der Waals surface area contributed by atoms with Crippen LogP contribution in [0.25, 0.3) is 0 Å². The quantitative estimate of drug-likeness (QED) is 0.681. The maximum Gasteiger partial charge on any atom is 0.291 e. The van der Waals surface area contributed by atoms with E-state index in [9.17, 15) is 17.6 Å². The molecule has 134 valence electrons. The summed E-state index contributed by atoms with van der Waals surface area (Å²) in [5, 5.41) is 2.81. The van der Waals surface area contributed by atoms with Crippen molar-refractivity contribution in [3.05, 3.63) is 77.5 Å². The number of amides is 1. The van der Waals surface area contributed by atoms with Gasteiger partial charge in [0, 0.05) is 5.02 Å². The third-order valence-corrected chi connectivity index (χ3v) is 4.92. The molecule has 0 fully saturated rings. The molecule has 6 nitrogen and oxygen atoms in total. The summed E-state index contributed by atoms with van der Waals surface area (Å²) in [5.74, 6) is -1.22. The highest BCUT2D eigenvalue weighted by Crippen LogP contribution is 2.28.